The summed E-state index contributed by atoms with van der Waals surface area (Å²) >= 11 is 0. The Morgan fingerprint density at radius 2 is 2.19 bits per heavy atom. The Kier molecular flexibility index (Phi) is 6.49. The minimum atomic E-state index is -3.60. The maximum Gasteiger partial charge on any atom is 0.285 e. The molecule has 148 valence electrons. The van der Waals surface area contributed by atoms with Crippen molar-refractivity contribution in [2.24, 2.45) is 10.3 Å². The Morgan fingerprint density at radius 3 is 2.96 bits per heavy atom. The minimum Gasteiger partial charge on any atom is -0.358 e. The number of sulfonamides is 1. The van der Waals surface area contributed by atoms with Crippen LogP contribution in [0.15, 0.2) is 33.6 Å². The number of carbonyl (C=O) groups excluding carboxylic acids is 1. The molecule has 0 saturated carbocycles. The molecule has 1 atom stereocenters. The zero-order valence-corrected chi connectivity index (χ0v) is 16.6. The molecule has 7 nitrogen and oxygen atoms in total. The summed E-state index contributed by atoms with van der Waals surface area (Å²) in [7, 11) is -1.79. The van der Waals surface area contributed by atoms with Gasteiger partial charge in [-0.15, -0.1) is 4.40 Å². The van der Waals surface area contributed by atoms with E-state index in [1.807, 2.05) is 11.9 Å². The molecule has 2 aliphatic rings. The van der Waals surface area contributed by atoms with Crippen LogP contribution in [0, 0.1) is 5.92 Å². The van der Waals surface area contributed by atoms with Crippen LogP contribution in [0.3, 0.4) is 0 Å². The summed E-state index contributed by atoms with van der Waals surface area (Å²) in [6.45, 7) is 3.45. The van der Waals surface area contributed by atoms with Crippen LogP contribution >= 0.6 is 0 Å². The summed E-state index contributed by atoms with van der Waals surface area (Å²) < 4.78 is 28.1. The number of amides is 1. The van der Waals surface area contributed by atoms with Crippen molar-refractivity contribution >= 4 is 21.8 Å². The fourth-order valence-corrected chi connectivity index (χ4v) is 4.87. The lowest BCUT2D eigenvalue weighted by Crippen LogP contribution is -2.33. The van der Waals surface area contributed by atoms with Gasteiger partial charge in [-0.05, 0) is 56.8 Å². The number of piperidine rings is 1. The molecule has 0 aliphatic carbocycles. The third-order valence-corrected chi connectivity index (χ3v) is 6.47. The lowest BCUT2D eigenvalue weighted by molar-refractivity contribution is -0.121. The Hall–Kier alpha value is -1.93. The molecule has 8 heteroatoms. The zero-order valence-electron chi connectivity index (χ0n) is 15.8. The number of carbonyl (C=O) groups is 1. The summed E-state index contributed by atoms with van der Waals surface area (Å²) in [6, 6.07) is 6.84. The number of fused-ring (bicyclic) bond motifs is 1. The maximum atomic E-state index is 12.1. The van der Waals surface area contributed by atoms with Gasteiger partial charge in [-0.25, -0.2) is 0 Å². The van der Waals surface area contributed by atoms with Crippen molar-refractivity contribution in [3.8, 4) is 0 Å². The van der Waals surface area contributed by atoms with Gasteiger partial charge in [-0.2, -0.15) is 8.42 Å². The van der Waals surface area contributed by atoms with Crippen LogP contribution in [0.25, 0.3) is 0 Å². The number of nitrogens with zero attached hydrogens (tertiary/aromatic N) is 2. The van der Waals surface area contributed by atoms with Crippen LogP contribution in [0.5, 0.6) is 0 Å². The van der Waals surface area contributed by atoms with Gasteiger partial charge < -0.3 is 15.5 Å². The van der Waals surface area contributed by atoms with Gasteiger partial charge in [-0.1, -0.05) is 12.1 Å². The monoisotopic (exact) mass is 392 g/mol. The predicted molar refractivity (Wildman–Crippen MR) is 105 cm³/mol. The third kappa shape index (κ3) is 5.07. The van der Waals surface area contributed by atoms with Crippen molar-refractivity contribution < 1.29 is 13.2 Å². The van der Waals surface area contributed by atoms with E-state index in [1.54, 1.807) is 24.3 Å². The lowest BCUT2D eigenvalue weighted by Gasteiger charge is -2.22. The smallest absolute Gasteiger partial charge is 0.285 e. The van der Waals surface area contributed by atoms with Crippen LogP contribution in [-0.2, 0) is 14.8 Å². The van der Waals surface area contributed by atoms with Gasteiger partial charge in [0.1, 0.15) is 10.7 Å². The van der Waals surface area contributed by atoms with Gasteiger partial charge in [0.25, 0.3) is 10.0 Å². The molecular formula is C19H28N4O3S. The molecular weight excluding hydrogens is 364 g/mol. The highest BCUT2D eigenvalue weighted by molar-refractivity contribution is 7.90. The highest BCUT2D eigenvalue weighted by atomic mass is 32.2. The molecule has 1 amide bonds. The van der Waals surface area contributed by atoms with Gasteiger partial charge in [0.15, 0.2) is 0 Å². The molecule has 1 aromatic rings. The predicted octanol–water partition coefficient (Wildman–Crippen LogP) is 1.35. The second-order valence-electron chi connectivity index (χ2n) is 7.26. The molecule has 1 saturated heterocycles. The first-order valence-electron chi connectivity index (χ1n) is 9.60. The van der Waals surface area contributed by atoms with Crippen molar-refractivity contribution in [1.29, 1.82) is 0 Å². The van der Waals surface area contributed by atoms with Gasteiger partial charge in [0, 0.05) is 32.1 Å². The summed E-state index contributed by atoms with van der Waals surface area (Å²) in [5.74, 6) is 1.16. The van der Waals surface area contributed by atoms with Crippen LogP contribution in [0.4, 0.5) is 0 Å². The first-order chi connectivity index (χ1) is 13.0. The second-order valence-corrected chi connectivity index (χ2v) is 8.83. The Morgan fingerprint density at radius 1 is 1.37 bits per heavy atom. The average molecular weight is 393 g/mol. The number of rotatable bonds is 7. The van der Waals surface area contributed by atoms with Gasteiger partial charge >= 0.3 is 0 Å². The van der Waals surface area contributed by atoms with Gasteiger partial charge in [-0.3, -0.25) is 4.79 Å². The SMILES string of the molecule is CN(CCCC(=O)NCCC1CCCNC1)C1=NS(=O)(=O)c2ccccc21. The Balaban J connectivity index is 1.41. The first-order valence-corrected chi connectivity index (χ1v) is 11.0. The molecule has 2 heterocycles. The molecule has 27 heavy (non-hydrogen) atoms. The van der Waals surface area contributed by atoms with E-state index in [4.69, 9.17) is 0 Å². The van der Waals surface area contributed by atoms with Crippen molar-refractivity contribution in [2.45, 2.75) is 37.0 Å². The fraction of sp³-hybridized carbons (Fsp3) is 0.579. The molecule has 3 rings (SSSR count). The van der Waals surface area contributed by atoms with E-state index in [2.05, 4.69) is 15.0 Å². The molecule has 1 fully saturated rings. The van der Waals surface area contributed by atoms with E-state index < -0.39 is 10.0 Å². The lowest BCUT2D eigenvalue weighted by atomic mass is 9.96. The molecule has 0 radical (unpaired) electrons. The second kappa shape index (κ2) is 8.84. The summed E-state index contributed by atoms with van der Waals surface area (Å²) in [6.07, 6.45) is 4.54. The van der Waals surface area contributed by atoms with Crippen LogP contribution < -0.4 is 10.6 Å². The third-order valence-electron chi connectivity index (χ3n) is 5.15. The average Bonchev–Trinajstić information content (AvgIpc) is 2.94. The fourth-order valence-electron chi connectivity index (χ4n) is 3.62. The number of hydrogen-bond acceptors (Lipinski definition) is 5. The van der Waals surface area contributed by atoms with Gasteiger partial charge in [0.2, 0.25) is 5.91 Å². The molecule has 2 aliphatic heterocycles. The standard InChI is InChI=1S/C19H28N4O3S/c1-23(19-16-7-2-3-8-17(16)27(25,26)22-19)13-5-9-18(24)21-12-10-15-6-4-11-20-14-15/h2-3,7-8,15,20H,4-6,9-14H2,1H3,(H,21,24). The summed E-state index contributed by atoms with van der Waals surface area (Å²) in [5.41, 5.74) is 0.630. The number of amidine groups is 1. The summed E-state index contributed by atoms with van der Waals surface area (Å²) in [4.78, 5) is 14.1. The van der Waals surface area contributed by atoms with E-state index in [0.717, 1.165) is 26.1 Å². The van der Waals surface area contributed by atoms with Crippen molar-refractivity contribution in [2.75, 3.05) is 33.2 Å². The number of hydrogen-bond donors (Lipinski definition) is 2. The zero-order chi connectivity index (χ0) is 19.3. The maximum absolute atomic E-state index is 12.1. The Labute approximate surface area is 161 Å². The topological polar surface area (TPSA) is 90.9 Å². The normalized spacial score (nSPS) is 20.6. The first kappa shape index (κ1) is 19.8. The minimum absolute atomic E-state index is 0.0496. The van der Waals surface area contributed by atoms with Gasteiger partial charge in [0.05, 0.1) is 0 Å². The van der Waals surface area contributed by atoms with Crippen molar-refractivity contribution in [1.82, 2.24) is 15.5 Å². The van der Waals surface area contributed by atoms with Crippen LogP contribution in [0.1, 0.15) is 37.7 Å². The van der Waals surface area contributed by atoms with E-state index >= 15 is 0 Å². The largest absolute Gasteiger partial charge is 0.358 e. The summed E-state index contributed by atoms with van der Waals surface area (Å²) in [5, 5.41) is 6.38. The molecule has 0 bridgehead atoms. The molecule has 0 spiro atoms. The molecule has 0 aromatic heterocycles. The number of benzene rings is 1. The molecule has 1 aromatic carbocycles. The van der Waals surface area contributed by atoms with Crippen molar-refractivity contribution in [3.63, 3.8) is 0 Å². The van der Waals surface area contributed by atoms with Crippen LogP contribution in [-0.4, -0.2) is 58.3 Å². The number of nitrogens with one attached hydrogen (secondary N) is 2. The molecule has 1 unspecified atom stereocenters. The van der Waals surface area contributed by atoms with E-state index in [1.165, 1.54) is 12.8 Å². The quantitative estimate of drug-likeness (QED) is 0.731. The van der Waals surface area contributed by atoms with Crippen molar-refractivity contribution in [3.05, 3.63) is 29.8 Å². The highest BCUT2D eigenvalue weighted by Gasteiger charge is 2.30. The molecule has 2 N–H and O–H groups in total. The van der Waals surface area contributed by atoms with E-state index in [0.29, 0.717) is 36.7 Å². The van der Waals surface area contributed by atoms with E-state index in [9.17, 15) is 13.2 Å². The van der Waals surface area contributed by atoms with E-state index in [-0.39, 0.29) is 10.8 Å². The highest BCUT2D eigenvalue weighted by Crippen LogP contribution is 2.26. The Bertz CT molecular complexity index is 801. The van der Waals surface area contributed by atoms with Crippen LogP contribution in [0.2, 0.25) is 0 Å².